The van der Waals surface area contributed by atoms with Gasteiger partial charge in [-0.15, -0.1) is 11.3 Å². The van der Waals surface area contributed by atoms with Gasteiger partial charge in [0.25, 0.3) is 0 Å². The number of likely N-dealkylation sites (tertiary alicyclic amines) is 1. The van der Waals surface area contributed by atoms with Crippen LogP contribution in [0.3, 0.4) is 0 Å². The van der Waals surface area contributed by atoms with Crippen molar-refractivity contribution in [1.29, 1.82) is 0 Å². The lowest BCUT2D eigenvalue weighted by atomic mass is 10.2. The molecule has 3 nitrogen and oxygen atoms in total. The first-order valence-electron chi connectivity index (χ1n) is 6.39. The predicted molar refractivity (Wildman–Crippen MR) is 76.3 cm³/mol. The van der Waals surface area contributed by atoms with Gasteiger partial charge >= 0.3 is 0 Å². The highest BCUT2D eigenvalue weighted by atomic mass is 35.5. The molecule has 18 heavy (non-hydrogen) atoms. The van der Waals surface area contributed by atoms with Crippen molar-refractivity contribution in [1.82, 2.24) is 10.2 Å². The summed E-state index contributed by atoms with van der Waals surface area (Å²) >= 11 is 7.45. The number of halogens is 1. The van der Waals surface area contributed by atoms with Crippen LogP contribution in [0.2, 0.25) is 4.34 Å². The molecule has 5 heteroatoms. The Morgan fingerprint density at radius 1 is 1.61 bits per heavy atom. The Morgan fingerprint density at radius 3 is 3.11 bits per heavy atom. The number of hydrogen-bond acceptors (Lipinski definition) is 3. The van der Waals surface area contributed by atoms with Gasteiger partial charge in [0.15, 0.2) is 0 Å². The Hall–Kier alpha value is -0.580. The highest BCUT2D eigenvalue weighted by Crippen LogP contribution is 2.23. The number of carbonyl (C=O) groups is 1. The third-order valence-electron chi connectivity index (χ3n) is 3.35. The van der Waals surface area contributed by atoms with Crippen molar-refractivity contribution in [2.45, 2.75) is 31.7 Å². The summed E-state index contributed by atoms with van der Waals surface area (Å²) in [5, 5.41) is 3.16. The zero-order chi connectivity index (χ0) is 13.0. The first-order valence-corrected chi connectivity index (χ1v) is 7.58. The van der Waals surface area contributed by atoms with Crippen LogP contribution in [0, 0.1) is 0 Å². The van der Waals surface area contributed by atoms with Crippen molar-refractivity contribution >= 4 is 28.8 Å². The fourth-order valence-corrected chi connectivity index (χ4v) is 3.56. The summed E-state index contributed by atoms with van der Waals surface area (Å²) in [6.07, 6.45) is 3.65. The number of rotatable bonds is 5. The van der Waals surface area contributed by atoms with E-state index in [1.807, 2.05) is 24.1 Å². The van der Waals surface area contributed by atoms with E-state index < -0.39 is 0 Å². The summed E-state index contributed by atoms with van der Waals surface area (Å²) in [6, 6.07) is 4.29. The van der Waals surface area contributed by atoms with Gasteiger partial charge < -0.3 is 10.2 Å². The molecular weight excluding hydrogens is 268 g/mol. The monoisotopic (exact) mass is 286 g/mol. The molecule has 0 radical (unpaired) electrons. The summed E-state index contributed by atoms with van der Waals surface area (Å²) in [7, 11) is 1.94. The molecule has 1 saturated heterocycles. The van der Waals surface area contributed by atoms with E-state index in [-0.39, 0.29) is 5.91 Å². The lowest BCUT2D eigenvalue weighted by molar-refractivity contribution is -0.131. The van der Waals surface area contributed by atoms with Gasteiger partial charge in [-0.2, -0.15) is 0 Å². The van der Waals surface area contributed by atoms with Crippen molar-refractivity contribution in [2.24, 2.45) is 0 Å². The predicted octanol–water partition coefficient (Wildman–Crippen LogP) is 2.54. The fourth-order valence-electron chi connectivity index (χ4n) is 2.47. The minimum absolute atomic E-state index is 0.275. The van der Waals surface area contributed by atoms with Crippen molar-refractivity contribution in [3.05, 3.63) is 21.3 Å². The zero-order valence-electron chi connectivity index (χ0n) is 10.6. The van der Waals surface area contributed by atoms with Gasteiger partial charge in [0, 0.05) is 30.4 Å². The molecular formula is C13H19ClN2OS. The summed E-state index contributed by atoms with van der Waals surface area (Å²) in [5.41, 5.74) is 0. The highest BCUT2D eigenvalue weighted by Gasteiger charge is 2.27. The summed E-state index contributed by atoms with van der Waals surface area (Å²) < 4.78 is 0.798. The molecule has 1 N–H and O–H groups in total. The third-order valence-corrected chi connectivity index (χ3v) is 4.64. The van der Waals surface area contributed by atoms with Crippen LogP contribution in [0.4, 0.5) is 0 Å². The number of nitrogens with zero attached hydrogens (tertiary/aromatic N) is 1. The second-order valence-electron chi connectivity index (χ2n) is 4.65. The van der Waals surface area contributed by atoms with Crippen LogP contribution in [0.1, 0.15) is 24.1 Å². The van der Waals surface area contributed by atoms with Crippen LogP contribution in [0.15, 0.2) is 12.1 Å². The van der Waals surface area contributed by atoms with E-state index in [0.29, 0.717) is 12.5 Å². The second kappa shape index (κ2) is 6.55. The van der Waals surface area contributed by atoms with E-state index >= 15 is 0 Å². The molecule has 0 aromatic carbocycles. The maximum Gasteiger partial charge on any atom is 0.223 e. The Balaban J connectivity index is 1.83. The lowest BCUT2D eigenvalue weighted by Crippen LogP contribution is -2.40. The standard InChI is InChI=1S/C13H19ClN2OS/c1-15-9-10-3-2-8-16(10)13(17)7-5-11-4-6-12(14)18-11/h4,6,10,15H,2-3,5,7-9H2,1H3. The van der Waals surface area contributed by atoms with Crippen LogP contribution < -0.4 is 5.32 Å². The van der Waals surface area contributed by atoms with Gasteiger partial charge in [-0.05, 0) is 38.4 Å². The van der Waals surface area contributed by atoms with E-state index in [4.69, 9.17) is 11.6 Å². The number of likely N-dealkylation sites (N-methyl/N-ethyl adjacent to an activating group) is 1. The van der Waals surface area contributed by atoms with Gasteiger partial charge in [0.1, 0.15) is 0 Å². The first kappa shape index (κ1) is 13.8. The Morgan fingerprint density at radius 2 is 2.44 bits per heavy atom. The SMILES string of the molecule is CNCC1CCCN1C(=O)CCc1ccc(Cl)s1. The van der Waals surface area contributed by atoms with Gasteiger partial charge in [-0.25, -0.2) is 0 Å². The van der Waals surface area contributed by atoms with Crippen molar-refractivity contribution < 1.29 is 4.79 Å². The summed E-state index contributed by atoms with van der Waals surface area (Å²) in [4.78, 5) is 15.4. The molecule has 0 aliphatic carbocycles. The van der Waals surface area contributed by atoms with E-state index in [2.05, 4.69) is 5.32 Å². The highest BCUT2D eigenvalue weighted by molar-refractivity contribution is 7.16. The maximum atomic E-state index is 12.2. The van der Waals surface area contributed by atoms with E-state index in [0.717, 1.165) is 36.7 Å². The molecule has 0 saturated carbocycles. The molecule has 1 aromatic heterocycles. The van der Waals surface area contributed by atoms with Crippen LogP contribution in [-0.2, 0) is 11.2 Å². The lowest BCUT2D eigenvalue weighted by Gasteiger charge is -2.24. The number of aryl methyl sites for hydroxylation is 1. The molecule has 0 spiro atoms. The zero-order valence-corrected chi connectivity index (χ0v) is 12.2. The Bertz CT molecular complexity index is 407. The number of carbonyl (C=O) groups excluding carboxylic acids is 1. The summed E-state index contributed by atoms with van der Waals surface area (Å²) in [6.45, 7) is 1.81. The Labute approximate surface area is 117 Å². The quantitative estimate of drug-likeness (QED) is 0.902. The first-order chi connectivity index (χ1) is 8.70. The number of amides is 1. The van der Waals surface area contributed by atoms with Crippen molar-refractivity contribution in [2.75, 3.05) is 20.1 Å². The largest absolute Gasteiger partial charge is 0.338 e. The molecule has 2 rings (SSSR count). The fraction of sp³-hybridized carbons (Fsp3) is 0.615. The molecule has 2 heterocycles. The van der Waals surface area contributed by atoms with E-state index in [1.54, 1.807) is 11.3 Å². The smallest absolute Gasteiger partial charge is 0.223 e. The third kappa shape index (κ3) is 3.46. The molecule has 0 bridgehead atoms. The Kier molecular flexibility index (Phi) is 5.03. The minimum atomic E-state index is 0.275. The molecule has 1 unspecified atom stereocenters. The average Bonchev–Trinajstić information content (AvgIpc) is 2.96. The molecule has 100 valence electrons. The maximum absolute atomic E-state index is 12.2. The van der Waals surface area contributed by atoms with Gasteiger partial charge in [0.2, 0.25) is 5.91 Å². The molecule has 1 fully saturated rings. The van der Waals surface area contributed by atoms with Gasteiger partial charge in [0.05, 0.1) is 4.34 Å². The van der Waals surface area contributed by atoms with Gasteiger partial charge in [-0.3, -0.25) is 4.79 Å². The number of thiophene rings is 1. The van der Waals surface area contributed by atoms with Crippen molar-refractivity contribution in [3.63, 3.8) is 0 Å². The molecule has 1 aliphatic heterocycles. The van der Waals surface area contributed by atoms with Crippen LogP contribution in [0.5, 0.6) is 0 Å². The normalized spacial score (nSPS) is 19.4. The van der Waals surface area contributed by atoms with Crippen LogP contribution in [-0.4, -0.2) is 37.0 Å². The number of nitrogens with one attached hydrogen (secondary N) is 1. The topological polar surface area (TPSA) is 32.3 Å². The van der Waals surface area contributed by atoms with Crippen LogP contribution in [0.25, 0.3) is 0 Å². The molecule has 1 amide bonds. The van der Waals surface area contributed by atoms with Gasteiger partial charge in [-0.1, -0.05) is 11.6 Å². The second-order valence-corrected chi connectivity index (χ2v) is 6.45. The molecule has 1 aliphatic rings. The van der Waals surface area contributed by atoms with E-state index in [1.165, 1.54) is 4.88 Å². The molecule has 1 aromatic rings. The molecule has 1 atom stereocenters. The summed E-state index contributed by atoms with van der Waals surface area (Å²) in [5.74, 6) is 0.275. The number of hydrogen-bond donors (Lipinski definition) is 1. The minimum Gasteiger partial charge on any atom is -0.338 e. The van der Waals surface area contributed by atoms with E-state index in [9.17, 15) is 4.79 Å². The average molecular weight is 287 g/mol. The van der Waals surface area contributed by atoms with Crippen LogP contribution >= 0.6 is 22.9 Å². The van der Waals surface area contributed by atoms with Crippen molar-refractivity contribution in [3.8, 4) is 0 Å².